The molecule has 1 aliphatic rings. The van der Waals surface area contributed by atoms with E-state index in [1.807, 2.05) is 31.2 Å². The highest BCUT2D eigenvalue weighted by Gasteiger charge is 2.22. The third kappa shape index (κ3) is 4.57. The molecule has 1 heterocycles. The summed E-state index contributed by atoms with van der Waals surface area (Å²) in [5.74, 6) is 0.886. The van der Waals surface area contributed by atoms with Gasteiger partial charge in [0.25, 0.3) is 0 Å². The van der Waals surface area contributed by atoms with Crippen molar-refractivity contribution in [1.29, 1.82) is 0 Å². The van der Waals surface area contributed by atoms with Gasteiger partial charge in [0.05, 0.1) is 6.61 Å². The summed E-state index contributed by atoms with van der Waals surface area (Å²) >= 11 is 0. The molecule has 0 atom stereocenters. The first-order valence-corrected chi connectivity index (χ1v) is 8.44. The highest BCUT2D eigenvalue weighted by atomic mass is 16.6. The number of ether oxygens (including phenoxy) is 2. The van der Waals surface area contributed by atoms with Crippen LogP contribution in [0, 0.1) is 6.92 Å². The van der Waals surface area contributed by atoms with Gasteiger partial charge >= 0.3 is 5.97 Å². The Morgan fingerprint density at radius 2 is 1.76 bits per heavy atom. The van der Waals surface area contributed by atoms with Gasteiger partial charge in [0.2, 0.25) is 0 Å². The fourth-order valence-corrected chi connectivity index (χ4v) is 2.55. The molecule has 0 unspecified atom stereocenters. The fourth-order valence-electron chi connectivity index (χ4n) is 2.55. The molecule has 0 N–H and O–H groups in total. The van der Waals surface area contributed by atoms with Crippen molar-refractivity contribution in [2.45, 2.75) is 26.7 Å². The van der Waals surface area contributed by atoms with Crippen molar-refractivity contribution in [3.8, 4) is 5.75 Å². The van der Waals surface area contributed by atoms with Crippen LogP contribution >= 0.6 is 0 Å². The van der Waals surface area contributed by atoms with Crippen LogP contribution in [0.5, 0.6) is 5.75 Å². The quantitative estimate of drug-likeness (QED) is 0.583. The third-order valence-corrected chi connectivity index (χ3v) is 3.91. The van der Waals surface area contributed by atoms with Crippen LogP contribution in [0.4, 0.5) is 0 Å². The van der Waals surface area contributed by atoms with E-state index < -0.39 is 5.97 Å². The lowest BCUT2D eigenvalue weighted by Crippen LogP contribution is -2.05. The molecule has 4 heteroatoms. The number of rotatable bonds is 6. The Bertz CT molecular complexity index is 802. The zero-order chi connectivity index (χ0) is 17.6. The average molecular weight is 335 g/mol. The summed E-state index contributed by atoms with van der Waals surface area (Å²) in [6, 6.07) is 15.9. The molecule has 25 heavy (non-hydrogen) atoms. The van der Waals surface area contributed by atoms with Crippen LogP contribution in [0.25, 0.3) is 6.08 Å². The predicted octanol–water partition coefficient (Wildman–Crippen LogP) is 4.32. The van der Waals surface area contributed by atoms with Crippen LogP contribution in [0.1, 0.15) is 30.0 Å². The largest absolute Gasteiger partial charge is 0.494 e. The van der Waals surface area contributed by atoms with Gasteiger partial charge < -0.3 is 9.47 Å². The third-order valence-electron chi connectivity index (χ3n) is 3.91. The van der Waals surface area contributed by atoms with Gasteiger partial charge in [-0.15, -0.1) is 0 Å². The SMILES string of the molecule is CCOc1ccc(/C=C2/N=C(CCc3ccc(C)cc3)OC2=O)cc1. The zero-order valence-corrected chi connectivity index (χ0v) is 14.5. The summed E-state index contributed by atoms with van der Waals surface area (Å²) in [4.78, 5) is 16.3. The Morgan fingerprint density at radius 1 is 1.04 bits per heavy atom. The number of carbonyl (C=O) groups excluding carboxylic acids is 1. The minimum atomic E-state index is -0.396. The van der Waals surface area contributed by atoms with E-state index in [0.29, 0.717) is 24.6 Å². The van der Waals surface area contributed by atoms with Gasteiger partial charge in [0.1, 0.15) is 5.75 Å². The van der Waals surface area contributed by atoms with Gasteiger partial charge in [-0.25, -0.2) is 9.79 Å². The molecular weight excluding hydrogens is 314 g/mol. The molecule has 2 aromatic rings. The molecule has 0 radical (unpaired) electrons. The number of nitrogens with zero attached hydrogens (tertiary/aromatic N) is 1. The van der Waals surface area contributed by atoms with Crippen molar-refractivity contribution >= 4 is 17.9 Å². The summed E-state index contributed by atoms with van der Waals surface area (Å²) in [5.41, 5.74) is 3.66. The van der Waals surface area contributed by atoms with Gasteiger partial charge in [0, 0.05) is 6.42 Å². The number of esters is 1. The number of aryl methyl sites for hydroxylation is 2. The Balaban J connectivity index is 1.65. The molecule has 2 aromatic carbocycles. The Hall–Kier alpha value is -2.88. The molecule has 1 aliphatic heterocycles. The molecule has 0 saturated carbocycles. The summed E-state index contributed by atoms with van der Waals surface area (Å²) in [5, 5.41) is 0. The first-order chi connectivity index (χ1) is 12.1. The second-order valence-corrected chi connectivity index (χ2v) is 5.91. The van der Waals surface area contributed by atoms with Gasteiger partial charge in [-0.1, -0.05) is 42.0 Å². The normalized spacial score (nSPS) is 15.2. The minimum Gasteiger partial charge on any atom is -0.494 e. The van der Waals surface area contributed by atoms with E-state index in [0.717, 1.165) is 17.7 Å². The lowest BCUT2D eigenvalue weighted by molar-refractivity contribution is -0.130. The Labute approximate surface area is 147 Å². The number of hydrogen-bond acceptors (Lipinski definition) is 4. The number of cyclic esters (lactones) is 1. The van der Waals surface area contributed by atoms with Crippen molar-refractivity contribution in [1.82, 2.24) is 0 Å². The lowest BCUT2D eigenvalue weighted by atomic mass is 10.1. The zero-order valence-electron chi connectivity index (χ0n) is 14.5. The van der Waals surface area contributed by atoms with Crippen molar-refractivity contribution in [2.24, 2.45) is 4.99 Å². The van der Waals surface area contributed by atoms with Gasteiger partial charge in [-0.2, -0.15) is 0 Å². The minimum absolute atomic E-state index is 0.336. The van der Waals surface area contributed by atoms with Crippen LogP contribution in [-0.4, -0.2) is 18.5 Å². The smallest absolute Gasteiger partial charge is 0.363 e. The maximum atomic E-state index is 12.0. The Morgan fingerprint density at radius 3 is 2.44 bits per heavy atom. The summed E-state index contributed by atoms with van der Waals surface area (Å²) in [6.45, 7) is 4.63. The van der Waals surface area contributed by atoms with Crippen molar-refractivity contribution in [3.63, 3.8) is 0 Å². The van der Waals surface area contributed by atoms with Gasteiger partial charge in [-0.3, -0.25) is 0 Å². The van der Waals surface area contributed by atoms with Gasteiger partial charge in [-0.05, 0) is 49.6 Å². The highest BCUT2D eigenvalue weighted by molar-refractivity contribution is 6.07. The monoisotopic (exact) mass is 335 g/mol. The lowest BCUT2D eigenvalue weighted by Gasteiger charge is -2.02. The van der Waals surface area contributed by atoms with Gasteiger partial charge in [0.15, 0.2) is 11.6 Å². The van der Waals surface area contributed by atoms with E-state index in [1.54, 1.807) is 6.08 Å². The number of aliphatic imine (C=N–C) groups is 1. The molecule has 0 fully saturated rings. The molecule has 0 saturated heterocycles. The Kier molecular flexibility index (Phi) is 5.29. The second kappa shape index (κ2) is 7.79. The molecule has 3 rings (SSSR count). The van der Waals surface area contributed by atoms with Crippen LogP contribution in [-0.2, 0) is 16.0 Å². The number of carbonyl (C=O) groups is 1. The summed E-state index contributed by atoms with van der Waals surface area (Å²) in [6.07, 6.45) is 3.13. The van der Waals surface area contributed by atoms with E-state index in [9.17, 15) is 4.79 Å². The van der Waals surface area contributed by atoms with Crippen molar-refractivity contribution in [3.05, 3.63) is 70.9 Å². The molecule has 0 bridgehead atoms. The van der Waals surface area contributed by atoms with E-state index in [-0.39, 0.29) is 0 Å². The molecular formula is C21H21NO3. The standard InChI is InChI=1S/C21H21NO3/c1-3-24-18-11-8-17(9-12-18)14-19-21(23)25-20(22-19)13-10-16-6-4-15(2)5-7-16/h4-9,11-12,14H,3,10,13H2,1-2H3/b19-14+. The molecule has 128 valence electrons. The molecule has 0 aromatic heterocycles. The van der Waals surface area contributed by atoms with Crippen LogP contribution in [0.15, 0.2) is 59.2 Å². The predicted molar refractivity (Wildman–Crippen MR) is 98.6 cm³/mol. The fraction of sp³-hybridized carbons (Fsp3) is 0.238. The van der Waals surface area contributed by atoms with Crippen molar-refractivity contribution in [2.75, 3.05) is 6.61 Å². The molecule has 0 amide bonds. The molecule has 0 aliphatic carbocycles. The van der Waals surface area contributed by atoms with Crippen molar-refractivity contribution < 1.29 is 14.3 Å². The average Bonchev–Trinajstić information content (AvgIpc) is 2.96. The highest BCUT2D eigenvalue weighted by Crippen LogP contribution is 2.20. The maximum absolute atomic E-state index is 12.0. The first kappa shape index (κ1) is 17.0. The number of hydrogen-bond donors (Lipinski definition) is 0. The second-order valence-electron chi connectivity index (χ2n) is 5.91. The topological polar surface area (TPSA) is 47.9 Å². The van der Waals surface area contributed by atoms with E-state index in [4.69, 9.17) is 9.47 Å². The van der Waals surface area contributed by atoms with E-state index in [2.05, 4.69) is 36.2 Å². The van der Waals surface area contributed by atoms with Crippen LogP contribution in [0.3, 0.4) is 0 Å². The van der Waals surface area contributed by atoms with Crippen LogP contribution in [0.2, 0.25) is 0 Å². The molecule has 4 nitrogen and oxygen atoms in total. The van der Waals surface area contributed by atoms with E-state index >= 15 is 0 Å². The molecule has 0 spiro atoms. The summed E-state index contributed by atoms with van der Waals surface area (Å²) in [7, 11) is 0. The maximum Gasteiger partial charge on any atom is 0.363 e. The number of benzene rings is 2. The van der Waals surface area contributed by atoms with E-state index in [1.165, 1.54) is 11.1 Å². The van der Waals surface area contributed by atoms with Crippen LogP contribution < -0.4 is 4.74 Å². The first-order valence-electron chi connectivity index (χ1n) is 8.44. The summed E-state index contributed by atoms with van der Waals surface area (Å²) < 4.78 is 10.7.